The summed E-state index contributed by atoms with van der Waals surface area (Å²) in [5, 5.41) is 2.95. The Morgan fingerprint density at radius 2 is 2.12 bits per heavy atom. The van der Waals surface area contributed by atoms with Gasteiger partial charge in [-0.3, -0.25) is 4.79 Å². The van der Waals surface area contributed by atoms with Gasteiger partial charge in [-0.2, -0.15) is 0 Å². The first-order valence-corrected chi connectivity index (χ1v) is 6.17. The van der Waals surface area contributed by atoms with E-state index in [2.05, 4.69) is 24.4 Å². The van der Waals surface area contributed by atoms with Crippen LogP contribution >= 0.6 is 0 Å². The summed E-state index contributed by atoms with van der Waals surface area (Å²) in [5.74, 6) is 0.112. The molecule has 0 aliphatic heterocycles. The van der Waals surface area contributed by atoms with Crippen molar-refractivity contribution in [2.24, 2.45) is 11.7 Å². The number of nitrogens with one attached hydrogen (secondary N) is 1. The molecule has 0 saturated carbocycles. The van der Waals surface area contributed by atoms with Crippen LogP contribution in [0.4, 0.5) is 0 Å². The van der Waals surface area contributed by atoms with E-state index in [-0.39, 0.29) is 11.8 Å². The second-order valence-corrected chi connectivity index (χ2v) is 4.45. The van der Waals surface area contributed by atoms with Crippen molar-refractivity contribution in [1.29, 1.82) is 0 Å². The number of benzene rings is 1. The van der Waals surface area contributed by atoms with Crippen LogP contribution in [0, 0.1) is 12.8 Å². The second-order valence-electron chi connectivity index (χ2n) is 4.45. The van der Waals surface area contributed by atoms with Crippen LogP contribution in [0.15, 0.2) is 24.3 Å². The maximum Gasteiger partial charge on any atom is 0.222 e. The first-order valence-electron chi connectivity index (χ1n) is 6.17. The van der Waals surface area contributed by atoms with E-state index >= 15 is 0 Å². The van der Waals surface area contributed by atoms with Crippen LogP contribution in [0.25, 0.3) is 0 Å². The third-order valence-corrected chi connectivity index (χ3v) is 3.00. The van der Waals surface area contributed by atoms with Crippen molar-refractivity contribution in [2.45, 2.75) is 26.7 Å². The molecule has 0 fully saturated rings. The van der Waals surface area contributed by atoms with Crippen molar-refractivity contribution < 1.29 is 4.79 Å². The molecule has 0 aliphatic rings. The van der Waals surface area contributed by atoms with Crippen molar-refractivity contribution >= 4 is 5.91 Å². The van der Waals surface area contributed by atoms with Crippen molar-refractivity contribution in [1.82, 2.24) is 5.32 Å². The molecule has 0 saturated heterocycles. The fraction of sp³-hybridized carbons (Fsp3) is 0.500. The largest absolute Gasteiger partial charge is 0.356 e. The highest BCUT2D eigenvalue weighted by Gasteiger charge is 2.10. The molecule has 0 spiro atoms. The molecule has 0 aliphatic carbocycles. The maximum absolute atomic E-state index is 11.6. The molecule has 0 aromatic heterocycles. The molecule has 17 heavy (non-hydrogen) atoms. The molecule has 1 aromatic rings. The second kappa shape index (κ2) is 7.07. The van der Waals surface area contributed by atoms with E-state index in [0.29, 0.717) is 13.1 Å². The number of hydrogen-bond donors (Lipinski definition) is 2. The van der Waals surface area contributed by atoms with Crippen LogP contribution < -0.4 is 11.1 Å². The molecular formula is C14H22N2O. The van der Waals surface area contributed by atoms with E-state index in [4.69, 9.17) is 5.73 Å². The van der Waals surface area contributed by atoms with E-state index in [9.17, 15) is 4.79 Å². The fourth-order valence-electron chi connectivity index (χ4n) is 1.77. The van der Waals surface area contributed by atoms with E-state index in [0.717, 1.165) is 12.8 Å². The maximum atomic E-state index is 11.6. The molecule has 0 heterocycles. The van der Waals surface area contributed by atoms with Crippen molar-refractivity contribution in [3.05, 3.63) is 35.4 Å². The van der Waals surface area contributed by atoms with Gasteiger partial charge in [-0.25, -0.2) is 0 Å². The zero-order valence-electron chi connectivity index (χ0n) is 10.7. The number of amides is 1. The Labute approximate surface area is 103 Å². The van der Waals surface area contributed by atoms with Gasteiger partial charge in [0, 0.05) is 12.5 Å². The van der Waals surface area contributed by atoms with Gasteiger partial charge in [-0.15, -0.1) is 0 Å². The van der Waals surface area contributed by atoms with Gasteiger partial charge in [-0.05, 0) is 37.4 Å². The monoisotopic (exact) mass is 234 g/mol. The summed E-state index contributed by atoms with van der Waals surface area (Å²) in [6.07, 6.45) is 1.63. The number of carbonyl (C=O) groups is 1. The van der Waals surface area contributed by atoms with Gasteiger partial charge in [0.05, 0.1) is 0 Å². The van der Waals surface area contributed by atoms with E-state index in [1.807, 2.05) is 19.1 Å². The highest BCUT2D eigenvalue weighted by Crippen LogP contribution is 2.07. The summed E-state index contributed by atoms with van der Waals surface area (Å²) in [4.78, 5) is 11.6. The van der Waals surface area contributed by atoms with Crippen molar-refractivity contribution in [3.8, 4) is 0 Å². The fourth-order valence-corrected chi connectivity index (χ4v) is 1.77. The predicted molar refractivity (Wildman–Crippen MR) is 70.7 cm³/mol. The van der Waals surface area contributed by atoms with Gasteiger partial charge in [0.2, 0.25) is 5.91 Å². The average molecular weight is 234 g/mol. The number of carbonyl (C=O) groups excluding carboxylic acids is 1. The quantitative estimate of drug-likeness (QED) is 0.786. The number of rotatable bonds is 6. The van der Waals surface area contributed by atoms with Gasteiger partial charge >= 0.3 is 0 Å². The summed E-state index contributed by atoms with van der Waals surface area (Å²) in [6, 6.07) is 8.25. The minimum atomic E-state index is 0.0110. The molecule has 94 valence electrons. The Balaban J connectivity index is 2.33. The lowest BCUT2D eigenvalue weighted by molar-refractivity contribution is -0.124. The van der Waals surface area contributed by atoms with Crippen LogP contribution in [0.1, 0.15) is 24.5 Å². The molecule has 1 atom stereocenters. The molecule has 1 aromatic carbocycles. The molecule has 3 nitrogen and oxygen atoms in total. The zero-order valence-corrected chi connectivity index (χ0v) is 10.7. The van der Waals surface area contributed by atoms with Gasteiger partial charge in [0.1, 0.15) is 0 Å². The minimum absolute atomic E-state index is 0.0110. The van der Waals surface area contributed by atoms with E-state index < -0.39 is 0 Å². The topological polar surface area (TPSA) is 55.1 Å². The molecule has 1 unspecified atom stereocenters. The average Bonchev–Trinajstić information content (AvgIpc) is 2.31. The van der Waals surface area contributed by atoms with Crippen LogP contribution in [-0.4, -0.2) is 19.0 Å². The van der Waals surface area contributed by atoms with Crippen molar-refractivity contribution in [2.75, 3.05) is 13.1 Å². The lowest BCUT2D eigenvalue weighted by atomic mass is 10.1. The van der Waals surface area contributed by atoms with Crippen LogP contribution in [0.2, 0.25) is 0 Å². The minimum Gasteiger partial charge on any atom is -0.356 e. The molecule has 3 heteroatoms. The van der Waals surface area contributed by atoms with Gasteiger partial charge in [0.25, 0.3) is 0 Å². The van der Waals surface area contributed by atoms with Gasteiger partial charge in [-0.1, -0.05) is 31.2 Å². The Bertz CT molecular complexity index is 363. The molecule has 0 radical (unpaired) electrons. The lowest BCUT2D eigenvalue weighted by Crippen LogP contribution is -2.32. The summed E-state index contributed by atoms with van der Waals surface area (Å²) in [5.41, 5.74) is 7.99. The predicted octanol–water partition coefficient (Wildman–Crippen LogP) is 1.64. The molecule has 3 N–H and O–H groups in total. The highest BCUT2D eigenvalue weighted by atomic mass is 16.1. The van der Waals surface area contributed by atoms with Crippen molar-refractivity contribution in [3.63, 3.8) is 0 Å². The van der Waals surface area contributed by atoms with Gasteiger partial charge in [0.15, 0.2) is 0 Å². The third kappa shape index (κ3) is 4.57. The van der Waals surface area contributed by atoms with E-state index in [1.54, 1.807) is 0 Å². The number of nitrogens with two attached hydrogens (primary N) is 1. The first-order chi connectivity index (χ1) is 8.15. The SMILES string of the molecule is Cc1ccccc1CCNC(=O)C(C)CCN. The Hall–Kier alpha value is -1.35. The summed E-state index contributed by atoms with van der Waals surface area (Å²) >= 11 is 0. The number of hydrogen-bond acceptors (Lipinski definition) is 2. The molecule has 1 rings (SSSR count). The smallest absolute Gasteiger partial charge is 0.222 e. The molecular weight excluding hydrogens is 212 g/mol. The van der Waals surface area contributed by atoms with Gasteiger partial charge < -0.3 is 11.1 Å². The Morgan fingerprint density at radius 1 is 1.41 bits per heavy atom. The number of aryl methyl sites for hydroxylation is 1. The van der Waals surface area contributed by atoms with E-state index in [1.165, 1.54) is 11.1 Å². The summed E-state index contributed by atoms with van der Waals surface area (Å²) < 4.78 is 0. The zero-order chi connectivity index (χ0) is 12.7. The summed E-state index contributed by atoms with van der Waals surface area (Å²) in [7, 11) is 0. The van der Waals surface area contributed by atoms with Crippen LogP contribution in [0.3, 0.4) is 0 Å². The molecule has 1 amide bonds. The van der Waals surface area contributed by atoms with Crippen LogP contribution in [-0.2, 0) is 11.2 Å². The highest BCUT2D eigenvalue weighted by molar-refractivity contribution is 5.78. The summed E-state index contributed by atoms with van der Waals surface area (Å²) in [6.45, 7) is 5.26. The van der Waals surface area contributed by atoms with Crippen LogP contribution in [0.5, 0.6) is 0 Å². The molecule has 0 bridgehead atoms. The third-order valence-electron chi connectivity index (χ3n) is 3.00. The first kappa shape index (κ1) is 13.7. The Morgan fingerprint density at radius 3 is 2.76 bits per heavy atom. The normalized spacial score (nSPS) is 12.2. The Kier molecular flexibility index (Phi) is 5.70. The standard InChI is InChI=1S/C14H22N2O/c1-11-5-3-4-6-13(11)8-10-16-14(17)12(2)7-9-15/h3-6,12H,7-10,15H2,1-2H3,(H,16,17). The lowest BCUT2D eigenvalue weighted by Gasteiger charge is -2.11.